The maximum atomic E-state index is 13.9. The Labute approximate surface area is 130 Å². The average molecular weight is 354 g/mol. The van der Waals surface area contributed by atoms with E-state index >= 15 is 0 Å². The minimum Gasteiger partial charge on any atom is -0.497 e. The highest BCUT2D eigenvalue weighted by molar-refractivity contribution is 9.10. The molecule has 0 aromatic heterocycles. The number of nitrogens with one attached hydrogen (secondary N) is 1. The molecule has 0 fully saturated rings. The van der Waals surface area contributed by atoms with Gasteiger partial charge in [-0.05, 0) is 28.1 Å². The number of benzene rings is 2. The first kappa shape index (κ1) is 15.3. The maximum Gasteiger partial charge on any atom is 0.258 e. The Balaban J connectivity index is 2.29. The van der Waals surface area contributed by atoms with E-state index in [1.54, 1.807) is 24.3 Å². The number of anilines is 1. The molecule has 2 aromatic carbocycles. The highest BCUT2D eigenvalue weighted by Gasteiger charge is 2.14. The van der Waals surface area contributed by atoms with Gasteiger partial charge in [0.25, 0.3) is 5.91 Å². The van der Waals surface area contributed by atoms with Gasteiger partial charge in [-0.25, -0.2) is 4.39 Å². The van der Waals surface area contributed by atoms with Crippen molar-refractivity contribution in [2.24, 2.45) is 0 Å². The fourth-order valence-electron chi connectivity index (χ4n) is 1.76. The van der Waals surface area contributed by atoms with Crippen molar-refractivity contribution >= 4 is 27.5 Å². The van der Waals surface area contributed by atoms with E-state index in [4.69, 9.17) is 9.47 Å². The number of carbonyl (C=O) groups is 1. The zero-order valence-corrected chi connectivity index (χ0v) is 13.0. The third-order valence-electron chi connectivity index (χ3n) is 2.81. The van der Waals surface area contributed by atoms with Crippen LogP contribution in [0.15, 0.2) is 40.9 Å². The van der Waals surface area contributed by atoms with Crippen LogP contribution < -0.4 is 14.8 Å². The van der Waals surface area contributed by atoms with Gasteiger partial charge < -0.3 is 14.8 Å². The molecule has 2 aromatic rings. The molecule has 0 heterocycles. The molecule has 0 radical (unpaired) electrons. The summed E-state index contributed by atoms with van der Waals surface area (Å²) in [5, 5.41) is 2.62. The van der Waals surface area contributed by atoms with Gasteiger partial charge in [-0.15, -0.1) is 0 Å². The molecule has 110 valence electrons. The van der Waals surface area contributed by atoms with Crippen molar-refractivity contribution in [3.63, 3.8) is 0 Å². The molecule has 0 aliphatic heterocycles. The molecule has 1 N–H and O–H groups in total. The third kappa shape index (κ3) is 3.52. The molecule has 0 aliphatic rings. The highest BCUT2D eigenvalue weighted by atomic mass is 79.9. The lowest BCUT2D eigenvalue weighted by molar-refractivity contribution is 0.102. The summed E-state index contributed by atoms with van der Waals surface area (Å²) >= 11 is 3.05. The topological polar surface area (TPSA) is 47.6 Å². The number of rotatable bonds is 4. The summed E-state index contributed by atoms with van der Waals surface area (Å²) in [5.74, 6) is -0.104. The third-order valence-corrected chi connectivity index (χ3v) is 3.42. The Hall–Kier alpha value is -2.08. The standard InChI is InChI=1S/C15H13BrFNO3/c1-20-10-6-9(7-11(8-10)21-2)18-15(19)12-4-3-5-13(16)14(12)17/h3-8H,1-2H3,(H,18,19). The molecule has 0 atom stereocenters. The Morgan fingerprint density at radius 1 is 1.14 bits per heavy atom. The summed E-state index contributed by atoms with van der Waals surface area (Å²) in [4.78, 5) is 12.1. The summed E-state index contributed by atoms with van der Waals surface area (Å²) in [6, 6.07) is 9.45. The number of carbonyl (C=O) groups excluding carboxylic acids is 1. The summed E-state index contributed by atoms with van der Waals surface area (Å²) in [5.41, 5.74) is 0.404. The van der Waals surface area contributed by atoms with Crippen LogP contribution in [0.3, 0.4) is 0 Å². The van der Waals surface area contributed by atoms with E-state index in [1.165, 1.54) is 26.4 Å². The predicted octanol–water partition coefficient (Wildman–Crippen LogP) is 3.86. The van der Waals surface area contributed by atoms with E-state index in [-0.39, 0.29) is 10.0 Å². The van der Waals surface area contributed by atoms with Gasteiger partial charge >= 0.3 is 0 Å². The van der Waals surface area contributed by atoms with Gasteiger partial charge in [0.05, 0.1) is 24.3 Å². The van der Waals surface area contributed by atoms with E-state index in [1.807, 2.05) is 0 Å². The Morgan fingerprint density at radius 3 is 2.33 bits per heavy atom. The van der Waals surface area contributed by atoms with E-state index in [0.717, 1.165) is 0 Å². The van der Waals surface area contributed by atoms with Crippen molar-refractivity contribution in [3.8, 4) is 11.5 Å². The van der Waals surface area contributed by atoms with Crippen molar-refractivity contribution in [1.29, 1.82) is 0 Å². The van der Waals surface area contributed by atoms with Gasteiger partial charge in [0.2, 0.25) is 0 Å². The van der Waals surface area contributed by atoms with Crippen LogP contribution in [0.4, 0.5) is 10.1 Å². The molecule has 0 spiro atoms. The minimum absolute atomic E-state index is 0.0499. The first-order valence-electron chi connectivity index (χ1n) is 6.03. The first-order chi connectivity index (χ1) is 10.0. The molecular weight excluding hydrogens is 341 g/mol. The van der Waals surface area contributed by atoms with Gasteiger partial charge in [0.1, 0.15) is 17.3 Å². The summed E-state index contributed by atoms with van der Waals surface area (Å²) in [6.45, 7) is 0. The van der Waals surface area contributed by atoms with E-state index in [2.05, 4.69) is 21.2 Å². The Bertz CT molecular complexity index is 654. The number of amides is 1. The van der Waals surface area contributed by atoms with Crippen molar-refractivity contribution in [2.45, 2.75) is 0 Å². The van der Waals surface area contributed by atoms with E-state index in [9.17, 15) is 9.18 Å². The second-order valence-corrected chi connectivity index (χ2v) is 5.01. The van der Waals surface area contributed by atoms with E-state index in [0.29, 0.717) is 17.2 Å². The Morgan fingerprint density at radius 2 is 1.76 bits per heavy atom. The molecule has 0 saturated heterocycles. The summed E-state index contributed by atoms with van der Waals surface area (Å²) < 4.78 is 24.4. The lowest BCUT2D eigenvalue weighted by Crippen LogP contribution is -2.14. The van der Waals surface area contributed by atoms with E-state index < -0.39 is 11.7 Å². The van der Waals surface area contributed by atoms with Gasteiger partial charge in [-0.2, -0.15) is 0 Å². The van der Waals surface area contributed by atoms with Crippen LogP contribution in [-0.4, -0.2) is 20.1 Å². The molecule has 1 amide bonds. The lowest BCUT2D eigenvalue weighted by Gasteiger charge is -2.10. The second-order valence-electron chi connectivity index (χ2n) is 4.16. The predicted molar refractivity (Wildman–Crippen MR) is 81.6 cm³/mol. The fourth-order valence-corrected chi connectivity index (χ4v) is 2.12. The Kier molecular flexibility index (Phi) is 4.80. The van der Waals surface area contributed by atoms with Crippen LogP contribution in [0.5, 0.6) is 11.5 Å². The second kappa shape index (κ2) is 6.58. The summed E-state index contributed by atoms with van der Waals surface area (Å²) in [7, 11) is 3.02. The summed E-state index contributed by atoms with van der Waals surface area (Å²) in [6.07, 6.45) is 0. The largest absolute Gasteiger partial charge is 0.497 e. The van der Waals surface area contributed by atoms with Crippen molar-refractivity contribution < 1.29 is 18.7 Å². The van der Waals surface area contributed by atoms with Gasteiger partial charge in [0.15, 0.2) is 0 Å². The zero-order chi connectivity index (χ0) is 15.4. The monoisotopic (exact) mass is 353 g/mol. The molecule has 6 heteroatoms. The molecule has 0 bridgehead atoms. The van der Waals surface area contributed by atoms with Crippen LogP contribution >= 0.6 is 15.9 Å². The minimum atomic E-state index is -0.607. The molecule has 21 heavy (non-hydrogen) atoms. The lowest BCUT2D eigenvalue weighted by atomic mass is 10.2. The molecule has 4 nitrogen and oxygen atoms in total. The maximum absolute atomic E-state index is 13.9. The van der Waals surface area contributed by atoms with Crippen LogP contribution in [-0.2, 0) is 0 Å². The normalized spacial score (nSPS) is 10.1. The number of halogens is 2. The zero-order valence-electron chi connectivity index (χ0n) is 11.4. The first-order valence-corrected chi connectivity index (χ1v) is 6.83. The van der Waals surface area contributed by atoms with Crippen molar-refractivity contribution in [3.05, 3.63) is 52.3 Å². The van der Waals surface area contributed by atoms with Gasteiger partial charge in [-0.3, -0.25) is 4.79 Å². The smallest absolute Gasteiger partial charge is 0.258 e. The SMILES string of the molecule is COc1cc(NC(=O)c2cccc(Br)c2F)cc(OC)c1. The van der Waals surface area contributed by atoms with Crippen LogP contribution in [0.1, 0.15) is 10.4 Å². The molecule has 2 rings (SSSR count). The fraction of sp³-hybridized carbons (Fsp3) is 0.133. The number of methoxy groups -OCH3 is 2. The van der Waals surface area contributed by atoms with Gasteiger partial charge in [-0.1, -0.05) is 6.07 Å². The quantitative estimate of drug-likeness (QED) is 0.907. The van der Waals surface area contributed by atoms with Crippen LogP contribution in [0, 0.1) is 5.82 Å². The molecule has 0 saturated carbocycles. The van der Waals surface area contributed by atoms with Crippen LogP contribution in [0.25, 0.3) is 0 Å². The number of ether oxygens (including phenoxy) is 2. The van der Waals surface area contributed by atoms with Crippen LogP contribution in [0.2, 0.25) is 0 Å². The molecule has 0 aliphatic carbocycles. The van der Waals surface area contributed by atoms with Gasteiger partial charge in [0, 0.05) is 23.9 Å². The van der Waals surface area contributed by atoms with Crippen molar-refractivity contribution in [2.75, 3.05) is 19.5 Å². The number of hydrogen-bond acceptors (Lipinski definition) is 3. The average Bonchev–Trinajstić information content (AvgIpc) is 2.49. The van der Waals surface area contributed by atoms with Crippen molar-refractivity contribution in [1.82, 2.24) is 0 Å². The number of hydrogen-bond donors (Lipinski definition) is 1. The molecular formula is C15H13BrFNO3. The molecule has 0 unspecified atom stereocenters. The highest BCUT2D eigenvalue weighted by Crippen LogP contribution is 2.26.